The second-order valence-electron chi connectivity index (χ2n) is 5.58. The van der Waals surface area contributed by atoms with Crippen LogP contribution in [-0.4, -0.2) is 38.0 Å². The maximum Gasteiger partial charge on any atom is 0.410 e. The predicted molar refractivity (Wildman–Crippen MR) is 77.9 cm³/mol. The molecule has 1 fully saturated rings. The summed E-state index contributed by atoms with van der Waals surface area (Å²) in [5.74, 6) is -0.752. The monoisotopic (exact) mass is 315 g/mol. The van der Waals surface area contributed by atoms with E-state index < -0.39 is 18.9 Å². The molecule has 0 unspecified atom stereocenters. The van der Waals surface area contributed by atoms with E-state index in [1.165, 1.54) is 6.92 Å². The van der Waals surface area contributed by atoms with Crippen LogP contribution in [0.1, 0.15) is 52.4 Å². The van der Waals surface area contributed by atoms with Gasteiger partial charge in [0.25, 0.3) is 0 Å². The molecule has 126 valence electrons. The summed E-state index contributed by atoms with van der Waals surface area (Å²) >= 11 is 0. The molecule has 0 spiro atoms. The highest BCUT2D eigenvalue weighted by Gasteiger charge is 2.35. The Labute approximate surface area is 130 Å². The zero-order valence-electron chi connectivity index (χ0n) is 13.3. The van der Waals surface area contributed by atoms with Crippen LogP contribution >= 0.6 is 0 Å². The van der Waals surface area contributed by atoms with Gasteiger partial charge < -0.3 is 19.5 Å². The van der Waals surface area contributed by atoms with Crippen molar-refractivity contribution in [2.24, 2.45) is 5.41 Å². The maximum absolute atomic E-state index is 11.8. The van der Waals surface area contributed by atoms with Gasteiger partial charge in [0.1, 0.15) is 0 Å². The van der Waals surface area contributed by atoms with E-state index in [2.05, 4.69) is 10.1 Å². The third kappa shape index (κ3) is 6.78. The molecule has 1 N–H and O–H groups in total. The van der Waals surface area contributed by atoms with Gasteiger partial charge >= 0.3 is 18.0 Å². The van der Waals surface area contributed by atoms with Crippen molar-refractivity contribution in [1.29, 1.82) is 0 Å². The Morgan fingerprint density at radius 1 is 1.05 bits per heavy atom. The molecule has 1 amide bonds. The van der Waals surface area contributed by atoms with Crippen LogP contribution in [0, 0.1) is 5.41 Å². The molecule has 1 saturated carbocycles. The van der Waals surface area contributed by atoms with Gasteiger partial charge in [0.2, 0.25) is 6.79 Å². The van der Waals surface area contributed by atoms with Gasteiger partial charge in [-0.2, -0.15) is 0 Å². The van der Waals surface area contributed by atoms with E-state index in [9.17, 15) is 14.4 Å². The number of hydrogen-bond acceptors (Lipinski definition) is 6. The van der Waals surface area contributed by atoms with Crippen LogP contribution in [-0.2, 0) is 23.8 Å². The number of rotatable bonds is 7. The average molecular weight is 315 g/mol. The summed E-state index contributed by atoms with van der Waals surface area (Å²) in [5, 5.41) is 2.65. The number of alkyl carbamates (subject to hydrolysis) is 1. The molecule has 22 heavy (non-hydrogen) atoms. The standard InChI is InChI=1S/C15H25NO6/c1-3-20-13(18)9-15(7-5-4-6-8-15)10-16-14(19)22-11-21-12(2)17/h3-11H2,1-2H3,(H,16,19). The van der Waals surface area contributed by atoms with Crippen LogP contribution in [0.5, 0.6) is 0 Å². The lowest BCUT2D eigenvalue weighted by molar-refractivity contribution is -0.149. The molecule has 7 heteroatoms. The molecule has 1 aliphatic carbocycles. The first kappa shape index (κ1) is 18.3. The quantitative estimate of drug-likeness (QED) is 0.572. The lowest BCUT2D eigenvalue weighted by atomic mass is 9.72. The first-order valence-corrected chi connectivity index (χ1v) is 7.67. The predicted octanol–water partition coefficient (Wildman–Crippen LogP) is 2.14. The summed E-state index contributed by atoms with van der Waals surface area (Å²) in [6, 6.07) is 0. The van der Waals surface area contributed by atoms with Gasteiger partial charge in [-0.3, -0.25) is 9.59 Å². The molecule has 0 aromatic heterocycles. The smallest absolute Gasteiger partial charge is 0.410 e. The van der Waals surface area contributed by atoms with Gasteiger partial charge in [-0.15, -0.1) is 0 Å². The highest BCUT2D eigenvalue weighted by atomic mass is 16.7. The van der Waals surface area contributed by atoms with E-state index in [1.807, 2.05) is 0 Å². The minimum absolute atomic E-state index is 0.237. The van der Waals surface area contributed by atoms with Crippen LogP contribution in [0.3, 0.4) is 0 Å². The van der Waals surface area contributed by atoms with Crippen LogP contribution in [0.15, 0.2) is 0 Å². The summed E-state index contributed by atoms with van der Waals surface area (Å²) in [5.41, 5.74) is -0.273. The lowest BCUT2D eigenvalue weighted by Crippen LogP contribution is -2.41. The topological polar surface area (TPSA) is 90.9 Å². The summed E-state index contributed by atoms with van der Waals surface area (Å²) in [7, 11) is 0. The van der Waals surface area contributed by atoms with E-state index in [0.29, 0.717) is 19.6 Å². The second-order valence-corrected chi connectivity index (χ2v) is 5.58. The van der Waals surface area contributed by atoms with Crippen molar-refractivity contribution in [2.75, 3.05) is 19.9 Å². The number of hydrogen-bond donors (Lipinski definition) is 1. The molecule has 7 nitrogen and oxygen atoms in total. The zero-order chi connectivity index (χ0) is 16.4. The minimum Gasteiger partial charge on any atom is -0.466 e. The Bertz CT molecular complexity index is 389. The van der Waals surface area contributed by atoms with Gasteiger partial charge in [0.05, 0.1) is 13.0 Å². The van der Waals surface area contributed by atoms with Crippen molar-refractivity contribution < 1.29 is 28.6 Å². The number of ether oxygens (including phenoxy) is 3. The SMILES string of the molecule is CCOC(=O)CC1(CNC(=O)OCOC(C)=O)CCCCC1. The van der Waals surface area contributed by atoms with Crippen molar-refractivity contribution in [3.63, 3.8) is 0 Å². The van der Waals surface area contributed by atoms with Gasteiger partial charge in [0.15, 0.2) is 0 Å². The second kappa shape index (κ2) is 9.27. The van der Waals surface area contributed by atoms with E-state index in [-0.39, 0.29) is 11.4 Å². The van der Waals surface area contributed by atoms with Crippen LogP contribution in [0.25, 0.3) is 0 Å². The molecule has 1 aliphatic rings. The third-order valence-corrected chi connectivity index (χ3v) is 3.80. The highest BCUT2D eigenvalue weighted by molar-refractivity contribution is 5.71. The lowest BCUT2D eigenvalue weighted by Gasteiger charge is -2.36. The molecule has 0 aromatic carbocycles. The molecular formula is C15H25NO6. The van der Waals surface area contributed by atoms with Gasteiger partial charge in [-0.25, -0.2) is 4.79 Å². The molecule has 0 radical (unpaired) electrons. The van der Waals surface area contributed by atoms with E-state index in [0.717, 1.165) is 32.1 Å². The molecule has 0 heterocycles. The molecule has 0 atom stereocenters. The van der Waals surface area contributed by atoms with Gasteiger partial charge in [-0.05, 0) is 25.2 Å². The largest absolute Gasteiger partial charge is 0.466 e. The van der Waals surface area contributed by atoms with Gasteiger partial charge in [0, 0.05) is 13.5 Å². The van der Waals surface area contributed by atoms with E-state index in [4.69, 9.17) is 9.47 Å². The maximum atomic E-state index is 11.8. The molecule has 1 rings (SSSR count). The molecular weight excluding hydrogens is 290 g/mol. The van der Waals surface area contributed by atoms with Crippen molar-refractivity contribution in [3.8, 4) is 0 Å². The van der Waals surface area contributed by atoms with E-state index in [1.54, 1.807) is 6.92 Å². The fourth-order valence-corrected chi connectivity index (χ4v) is 2.71. The third-order valence-electron chi connectivity index (χ3n) is 3.80. The zero-order valence-corrected chi connectivity index (χ0v) is 13.3. The molecule has 0 aliphatic heterocycles. The van der Waals surface area contributed by atoms with Crippen LogP contribution in [0.2, 0.25) is 0 Å². The van der Waals surface area contributed by atoms with Crippen LogP contribution < -0.4 is 5.32 Å². The van der Waals surface area contributed by atoms with Crippen molar-refractivity contribution in [1.82, 2.24) is 5.32 Å². The average Bonchev–Trinajstić information content (AvgIpc) is 2.46. The summed E-state index contributed by atoms with van der Waals surface area (Å²) in [4.78, 5) is 33.9. The summed E-state index contributed by atoms with van der Waals surface area (Å²) in [6.07, 6.45) is 4.58. The van der Waals surface area contributed by atoms with Crippen molar-refractivity contribution in [3.05, 3.63) is 0 Å². The molecule has 0 bridgehead atoms. The number of carbonyl (C=O) groups excluding carboxylic acids is 3. The number of amides is 1. The first-order chi connectivity index (χ1) is 10.5. The molecule has 0 aromatic rings. The Morgan fingerprint density at radius 2 is 1.73 bits per heavy atom. The fraction of sp³-hybridized carbons (Fsp3) is 0.800. The van der Waals surface area contributed by atoms with Crippen molar-refractivity contribution in [2.45, 2.75) is 52.4 Å². The summed E-state index contributed by atoms with van der Waals surface area (Å²) < 4.78 is 14.3. The van der Waals surface area contributed by atoms with Crippen LogP contribution in [0.4, 0.5) is 4.79 Å². The molecule has 0 saturated heterocycles. The minimum atomic E-state index is -0.657. The highest BCUT2D eigenvalue weighted by Crippen LogP contribution is 2.39. The van der Waals surface area contributed by atoms with Gasteiger partial charge in [-0.1, -0.05) is 19.3 Å². The number of nitrogens with one attached hydrogen (secondary N) is 1. The Morgan fingerprint density at radius 3 is 2.32 bits per heavy atom. The summed E-state index contributed by atoms with van der Waals surface area (Å²) in [6.45, 7) is 3.30. The fourth-order valence-electron chi connectivity index (χ4n) is 2.71. The number of esters is 2. The number of carbonyl (C=O) groups is 3. The first-order valence-electron chi connectivity index (χ1n) is 7.67. The van der Waals surface area contributed by atoms with Crippen molar-refractivity contribution >= 4 is 18.0 Å². The Hall–Kier alpha value is -1.79. The normalized spacial score (nSPS) is 16.5. The Kier molecular flexibility index (Phi) is 7.70. The Balaban J connectivity index is 2.45. The van der Waals surface area contributed by atoms with E-state index >= 15 is 0 Å².